The minimum atomic E-state index is -0.488. The summed E-state index contributed by atoms with van der Waals surface area (Å²) in [5.74, 6) is 0. The van der Waals surface area contributed by atoms with Crippen molar-refractivity contribution < 1.29 is 14.3 Å². The molecule has 0 unspecified atom stereocenters. The number of imidazole rings is 1. The first kappa shape index (κ1) is 10.2. The van der Waals surface area contributed by atoms with E-state index < -0.39 is 11.7 Å². The molecule has 0 N–H and O–H groups in total. The van der Waals surface area contributed by atoms with Crippen molar-refractivity contribution >= 4 is 6.09 Å². The molecule has 1 aliphatic heterocycles. The summed E-state index contributed by atoms with van der Waals surface area (Å²) in [6.45, 7) is 6.16. The number of carbonyl (C=O) groups is 1. The summed E-state index contributed by atoms with van der Waals surface area (Å²) in [5, 5.41) is 0. The van der Waals surface area contributed by atoms with Crippen LogP contribution in [0.15, 0.2) is 12.5 Å². The van der Waals surface area contributed by atoms with Gasteiger partial charge in [0.2, 0.25) is 0 Å². The van der Waals surface area contributed by atoms with E-state index in [2.05, 4.69) is 4.98 Å². The molecule has 0 saturated carbocycles. The number of epoxide rings is 1. The molecule has 2 heterocycles. The molecule has 0 spiro atoms. The van der Waals surface area contributed by atoms with Crippen LogP contribution in [0.1, 0.15) is 32.6 Å². The standard InChI is InChI=1S/C10H14N2O3/c1-10(2,3)15-9(13)12-4-7(11-6-12)8-5-14-8/h4,6,8H,5H2,1-3H3/t8-/m1/s1. The summed E-state index contributed by atoms with van der Waals surface area (Å²) in [5.41, 5.74) is 0.290. The highest BCUT2D eigenvalue weighted by Crippen LogP contribution is 2.27. The van der Waals surface area contributed by atoms with Crippen LogP contribution in [0.5, 0.6) is 0 Å². The van der Waals surface area contributed by atoms with Gasteiger partial charge in [-0.15, -0.1) is 0 Å². The highest BCUT2D eigenvalue weighted by Gasteiger charge is 2.28. The van der Waals surface area contributed by atoms with Crippen molar-refractivity contribution in [3.8, 4) is 0 Å². The lowest BCUT2D eigenvalue weighted by Crippen LogP contribution is -2.26. The summed E-state index contributed by atoms with van der Waals surface area (Å²) < 4.78 is 11.6. The highest BCUT2D eigenvalue weighted by atomic mass is 16.6. The molecule has 1 aliphatic rings. The fourth-order valence-electron chi connectivity index (χ4n) is 1.14. The van der Waals surface area contributed by atoms with Gasteiger partial charge in [-0.05, 0) is 20.8 Å². The van der Waals surface area contributed by atoms with Crippen LogP contribution in [0.25, 0.3) is 0 Å². The van der Waals surface area contributed by atoms with Crippen LogP contribution in [0, 0.1) is 0 Å². The number of hydrogen-bond donors (Lipinski definition) is 0. The van der Waals surface area contributed by atoms with Gasteiger partial charge in [-0.25, -0.2) is 14.3 Å². The van der Waals surface area contributed by atoms with E-state index in [1.807, 2.05) is 20.8 Å². The second kappa shape index (κ2) is 3.34. The molecule has 5 nitrogen and oxygen atoms in total. The number of aromatic nitrogens is 2. The maximum Gasteiger partial charge on any atom is 0.419 e. The molecule has 0 bridgehead atoms. The average Bonchev–Trinajstić information content (AvgIpc) is 2.81. The molecule has 2 rings (SSSR count). The van der Waals surface area contributed by atoms with E-state index in [0.717, 1.165) is 5.69 Å². The minimum Gasteiger partial charge on any atom is -0.443 e. The number of rotatable bonds is 1. The smallest absolute Gasteiger partial charge is 0.419 e. The van der Waals surface area contributed by atoms with Crippen molar-refractivity contribution in [2.24, 2.45) is 0 Å². The van der Waals surface area contributed by atoms with E-state index in [1.54, 1.807) is 6.20 Å². The predicted octanol–water partition coefficient (Wildman–Crippen LogP) is 1.74. The van der Waals surface area contributed by atoms with E-state index in [0.29, 0.717) is 6.61 Å². The quantitative estimate of drug-likeness (QED) is 0.662. The molecule has 0 aliphatic carbocycles. The Balaban J connectivity index is 2.05. The highest BCUT2D eigenvalue weighted by molar-refractivity contribution is 5.70. The van der Waals surface area contributed by atoms with Gasteiger partial charge in [0.05, 0.1) is 12.3 Å². The SMILES string of the molecule is CC(C)(C)OC(=O)n1cnc([C@H]2CO2)c1. The van der Waals surface area contributed by atoms with Crippen molar-refractivity contribution in [3.05, 3.63) is 18.2 Å². The van der Waals surface area contributed by atoms with Crippen molar-refractivity contribution in [3.63, 3.8) is 0 Å². The van der Waals surface area contributed by atoms with Crippen molar-refractivity contribution in [1.29, 1.82) is 0 Å². The van der Waals surface area contributed by atoms with Crippen molar-refractivity contribution in [2.45, 2.75) is 32.5 Å². The minimum absolute atomic E-state index is 0.0636. The van der Waals surface area contributed by atoms with Gasteiger partial charge in [-0.1, -0.05) is 0 Å². The molecule has 5 heteroatoms. The number of hydrogen-bond acceptors (Lipinski definition) is 4. The molecule has 1 aromatic rings. The van der Waals surface area contributed by atoms with Crippen LogP contribution in [0.2, 0.25) is 0 Å². The third-order valence-corrected chi connectivity index (χ3v) is 1.87. The maximum atomic E-state index is 11.6. The molecular weight excluding hydrogens is 196 g/mol. The Labute approximate surface area is 88.0 Å². The molecule has 1 aromatic heterocycles. The second-order valence-corrected chi connectivity index (χ2v) is 4.51. The first-order valence-electron chi connectivity index (χ1n) is 4.84. The van der Waals surface area contributed by atoms with Crippen LogP contribution in [-0.2, 0) is 9.47 Å². The first-order chi connectivity index (χ1) is 6.96. The fraction of sp³-hybridized carbons (Fsp3) is 0.600. The molecule has 15 heavy (non-hydrogen) atoms. The van der Waals surface area contributed by atoms with E-state index in [-0.39, 0.29) is 6.10 Å². The van der Waals surface area contributed by atoms with E-state index in [4.69, 9.17) is 9.47 Å². The van der Waals surface area contributed by atoms with Gasteiger partial charge in [0, 0.05) is 6.20 Å². The summed E-state index contributed by atoms with van der Waals surface area (Å²) in [7, 11) is 0. The molecule has 0 amide bonds. The van der Waals surface area contributed by atoms with Gasteiger partial charge in [0.1, 0.15) is 18.0 Å². The zero-order valence-electron chi connectivity index (χ0n) is 9.06. The van der Waals surface area contributed by atoms with E-state index in [9.17, 15) is 4.79 Å². The second-order valence-electron chi connectivity index (χ2n) is 4.51. The Morgan fingerprint density at radius 2 is 2.33 bits per heavy atom. The lowest BCUT2D eigenvalue weighted by molar-refractivity contribution is 0.0536. The van der Waals surface area contributed by atoms with Gasteiger partial charge >= 0.3 is 6.09 Å². The molecule has 82 valence electrons. The number of carbonyl (C=O) groups excluding carboxylic acids is 1. The fourth-order valence-corrected chi connectivity index (χ4v) is 1.14. The Morgan fingerprint density at radius 3 is 2.87 bits per heavy atom. The zero-order chi connectivity index (χ0) is 11.1. The monoisotopic (exact) mass is 210 g/mol. The lowest BCUT2D eigenvalue weighted by atomic mass is 10.2. The largest absolute Gasteiger partial charge is 0.443 e. The molecular formula is C10H14N2O3. The van der Waals surface area contributed by atoms with Crippen LogP contribution in [0.3, 0.4) is 0 Å². The van der Waals surface area contributed by atoms with Gasteiger partial charge in [-0.2, -0.15) is 0 Å². The van der Waals surface area contributed by atoms with Crippen LogP contribution < -0.4 is 0 Å². The third-order valence-electron chi connectivity index (χ3n) is 1.87. The number of ether oxygens (including phenoxy) is 2. The van der Waals surface area contributed by atoms with Gasteiger partial charge < -0.3 is 9.47 Å². The van der Waals surface area contributed by atoms with Gasteiger partial charge in [0.15, 0.2) is 0 Å². The molecule has 0 aromatic carbocycles. The van der Waals surface area contributed by atoms with Crippen LogP contribution >= 0.6 is 0 Å². The molecule has 1 fully saturated rings. The maximum absolute atomic E-state index is 11.6. The Bertz CT molecular complexity index is 374. The van der Waals surface area contributed by atoms with Gasteiger partial charge in [0.25, 0.3) is 0 Å². The summed E-state index contributed by atoms with van der Waals surface area (Å²) >= 11 is 0. The molecule has 1 saturated heterocycles. The Morgan fingerprint density at radius 1 is 1.67 bits per heavy atom. The summed E-state index contributed by atoms with van der Waals surface area (Å²) in [6, 6.07) is 0. The van der Waals surface area contributed by atoms with Crippen LogP contribution in [-0.4, -0.2) is 27.9 Å². The molecule has 0 radical (unpaired) electrons. The summed E-state index contributed by atoms with van der Waals surface area (Å²) in [6.07, 6.45) is 2.74. The normalized spacial score (nSPS) is 20.1. The summed E-state index contributed by atoms with van der Waals surface area (Å²) in [4.78, 5) is 15.6. The number of nitrogens with zero attached hydrogens (tertiary/aromatic N) is 2. The third kappa shape index (κ3) is 2.56. The Hall–Kier alpha value is -1.36. The average molecular weight is 210 g/mol. The van der Waals surface area contributed by atoms with Crippen molar-refractivity contribution in [2.75, 3.05) is 6.61 Å². The lowest BCUT2D eigenvalue weighted by Gasteiger charge is -2.18. The Kier molecular flexibility index (Phi) is 2.26. The van der Waals surface area contributed by atoms with Gasteiger partial charge in [-0.3, -0.25) is 0 Å². The topological polar surface area (TPSA) is 56.7 Å². The zero-order valence-corrected chi connectivity index (χ0v) is 9.06. The van der Waals surface area contributed by atoms with Crippen LogP contribution in [0.4, 0.5) is 4.79 Å². The molecule has 1 atom stereocenters. The van der Waals surface area contributed by atoms with Crippen molar-refractivity contribution in [1.82, 2.24) is 9.55 Å². The first-order valence-corrected chi connectivity index (χ1v) is 4.84. The van der Waals surface area contributed by atoms with E-state index in [1.165, 1.54) is 10.9 Å². The predicted molar refractivity (Wildman–Crippen MR) is 52.6 cm³/mol. The van der Waals surface area contributed by atoms with E-state index >= 15 is 0 Å².